The van der Waals surface area contributed by atoms with Crippen LogP contribution < -0.4 is 10.6 Å². The number of anilines is 1. The maximum Gasteiger partial charge on any atom is 0.255 e. The minimum atomic E-state index is -0.106. The van der Waals surface area contributed by atoms with Crippen LogP contribution in [0.15, 0.2) is 18.3 Å². The summed E-state index contributed by atoms with van der Waals surface area (Å²) in [6.45, 7) is 4.24. The van der Waals surface area contributed by atoms with Gasteiger partial charge in [0.15, 0.2) is 0 Å². The normalized spacial score (nSPS) is 10.2. The quantitative estimate of drug-likeness (QED) is 0.671. The Bertz CT molecular complexity index is 383. The van der Waals surface area contributed by atoms with Gasteiger partial charge in [-0.25, -0.2) is 4.98 Å². The van der Waals surface area contributed by atoms with Crippen LogP contribution in [-0.2, 0) is 4.74 Å². The van der Waals surface area contributed by atoms with Gasteiger partial charge in [0.25, 0.3) is 5.91 Å². The van der Waals surface area contributed by atoms with Crippen LogP contribution in [0.1, 0.15) is 36.5 Å². The first-order valence-corrected chi connectivity index (χ1v) is 6.78. The Morgan fingerprint density at radius 3 is 2.89 bits per heavy atom. The Labute approximate surface area is 114 Å². The molecule has 0 spiro atoms. The summed E-state index contributed by atoms with van der Waals surface area (Å²) < 4.78 is 5.43. The lowest BCUT2D eigenvalue weighted by molar-refractivity contribution is 0.0941. The van der Waals surface area contributed by atoms with E-state index >= 15 is 0 Å². The fourth-order valence-electron chi connectivity index (χ4n) is 1.61. The van der Waals surface area contributed by atoms with Crippen molar-refractivity contribution >= 4 is 11.7 Å². The van der Waals surface area contributed by atoms with Crippen molar-refractivity contribution in [1.82, 2.24) is 10.3 Å². The van der Waals surface area contributed by atoms with Gasteiger partial charge in [0.2, 0.25) is 0 Å². The van der Waals surface area contributed by atoms with E-state index < -0.39 is 0 Å². The molecule has 0 aliphatic carbocycles. The molecular weight excluding hydrogens is 242 g/mol. The van der Waals surface area contributed by atoms with Crippen LogP contribution in [0, 0.1) is 0 Å². The Morgan fingerprint density at radius 2 is 2.16 bits per heavy atom. The summed E-state index contributed by atoms with van der Waals surface area (Å²) in [5.74, 6) is 0.491. The smallest absolute Gasteiger partial charge is 0.255 e. The summed E-state index contributed by atoms with van der Waals surface area (Å²) >= 11 is 0. The molecule has 0 fully saturated rings. The van der Waals surface area contributed by atoms with Gasteiger partial charge in [-0.15, -0.1) is 0 Å². The molecule has 1 rings (SSSR count). The van der Waals surface area contributed by atoms with E-state index in [4.69, 9.17) is 4.74 Å². The first-order chi connectivity index (χ1) is 9.29. The molecule has 1 heterocycles. The van der Waals surface area contributed by atoms with Crippen LogP contribution in [0.3, 0.4) is 0 Å². The Kier molecular flexibility index (Phi) is 7.58. The van der Waals surface area contributed by atoms with Gasteiger partial charge in [-0.05, 0) is 25.0 Å². The number of pyridine rings is 1. The van der Waals surface area contributed by atoms with Gasteiger partial charge in [-0.2, -0.15) is 0 Å². The number of carbonyl (C=O) groups excluding carboxylic acids is 1. The van der Waals surface area contributed by atoms with Gasteiger partial charge in [0.05, 0.1) is 5.56 Å². The van der Waals surface area contributed by atoms with Crippen LogP contribution in [0.25, 0.3) is 0 Å². The van der Waals surface area contributed by atoms with Gasteiger partial charge in [0.1, 0.15) is 5.82 Å². The molecule has 1 aromatic rings. The second kappa shape index (κ2) is 9.33. The van der Waals surface area contributed by atoms with E-state index in [1.165, 1.54) is 0 Å². The van der Waals surface area contributed by atoms with Crippen molar-refractivity contribution in [2.45, 2.75) is 26.2 Å². The summed E-state index contributed by atoms with van der Waals surface area (Å²) in [6, 6.07) is 3.51. The molecule has 0 radical (unpaired) electrons. The zero-order chi connectivity index (χ0) is 13.9. The molecule has 106 valence electrons. The minimum absolute atomic E-state index is 0.106. The van der Waals surface area contributed by atoms with Crippen LogP contribution in [-0.4, -0.2) is 37.7 Å². The molecule has 1 aromatic heterocycles. The van der Waals surface area contributed by atoms with Crippen molar-refractivity contribution in [2.75, 3.05) is 32.1 Å². The first-order valence-electron chi connectivity index (χ1n) is 6.78. The van der Waals surface area contributed by atoms with Crippen molar-refractivity contribution in [2.24, 2.45) is 0 Å². The van der Waals surface area contributed by atoms with Crippen molar-refractivity contribution in [3.63, 3.8) is 0 Å². The highest BCUT2D eigenvalue weighted by Crippen LogP contribution is 2.09. The molecule has 2 N–H and O–H groups in total. The molecule has 19 heavy (non-hydrogen) atoms. The number of carbonyl (C=O) groups is 1. The van der Waals surface area contributed by atoms with Crippen LogP contribution in [0.2, 0.25) is 0 Å². The van der Waals surface area contributed by atoms with Gasteiger partial charge in [0, 0.05) is 33.0 Å². The van der Waals surface area contributed by atoms with Gasteiger partial charge in [-0.3, -0.25) is 4.79 Å². The van der Waals surface area contributed by atoms with Crippen LogP contribution >= 0.6 is 0 Å². The number of amides is 1. The number of hydrogen-bond donors (Lipinski definition) is 2. The highest BCUT2D eigenvalue weighted by Gasteiger charge is 2.09. The summed E-state index contributed by atoms with van der Waals surface area (Å²) in [7, 11) is 1.75. The van der Waals surface area contributed by atoms with E-state index in [1.54, 1.807) is 25.4 Å². The van der Waals surface area contributed by atoms with Crippen molar-refractivity contribution in [3.05, 3.63) is 23.9 Å². The predicted octanol–water partition coefficient (Wildman–Crippen LogP) is 2.06. The molecule has 0 saturated heterocycles. The molecule has 5 nitrogen and oxygen atoms in total. The lowest BCUT2D eigenvalue weighted by Crippen LogP contribution is -2.26. The zero-order valence-electron chi connectivity index (χ0n) is 11.7. The summed E-state index contributed by atoms with van der Waals surface area (Å²) in [4.78, 5) is 16.0. The lowest BCUT2D eigenvalue weighted by Gasteiger charge is -2.08. The largest absolute Gasteiger partial charge is 0.381 e. The number of rotatable bonds is 9. The van der Waals surface area contributed by atoms with Crippen LogP contribution in [0.5, 0.6) is 0 Å². The molecule has 1 amide bonds. The SMILES string of the molecule is CCCCOCCCNC(=O)c1cccnc1NC. The van der Waals surface area contributed by atoms with Crippen LogP contribution in [0.4, 0.5) is 5.82 Å². The topological polar surface area (TPSA) is 63.2 Å². The maximum atomic E-state index is 11.9. The Hall–Kier alpha value is -1.62. The third-order valence-corrected chi connectivity index (χ3v) is 2.68. The fraction of sp³-hybridized carbons (Fsp3) is 0.571. The number of aromatic nitrogens is 1. The molecular formula is C14H23N3O2. The third kappa shape index (κ3) is 5.70. The van der Waals surface area contributed by atoms with E-state index in [9.17, 15) is 4.79 Å². The molecule has 0 saturated carbocycles. The Morgan fingerprint density at radius 1 is 1.37 bits per heavy atom. The number of hydrogen-bond acceptors (Lipinski definition) is 4. The van der Waals surface area contributed by atoms with E-state index in [-0.39, 0.29) is 5.91 Å². The molecule has 0 aromatic carbocycles. The van der Waals surface area contributed by atoms with E-state index in [1.807, 2.05) is 0 Å². The molecule has 0 bridgehead atoms. The average Bonchev–Trinajstić information content (AvgIpc) is 2.46. The number of unbranched alkanes of at least 4 members (excludes halogenated alkanes) is 1. The Balaban J connectivity index is 2.24. The van der Waals surface area contributed by atoms with Gasteiger partial charge >= 0.3 is 0 Å². The van der Waals surface area contributed by atoms with Crippen molar-refractivity contribution in [1.29, 1.82) is 0 Å². The van der Waals surface area contributed by atoms with Gasteiger partial charge in [-0.1, -0.05) is 13.3 Å². The second-order valence-electron chi connectivity index (χ2n) is 4.22. The van der Waals surface area contributed by atoms with E-state index in [0.717, 1.165) is 25.9 Å². The predicted molar refractivity (Wildman–Crippen MR) is 76.5 cm³/mol. The minimum Gasteiger partial charge on any atom is -0.381 e. The molecule has 0 aliphatic rings. The summed E-state index contributed by atoms with van der Waals surface area (Å²) in [5, 5.41) is 5.77. The molecule has 5 heteroatoms. The number of nitrogens with one attached hydrogen (secondary N) is 2. The van der Waals surface area contributed by atoms with Gasteiger partial charge < -0.3 is 15.4 Å². The first kappa shape index (κ1) is 15.4. The summed E-state index contributed by atoms with van der Waals surface area (Å²) in [5.41, 5.74) is 0.567. The lowest BCUT2D eigenvalue weighted by atomic mass is 10.2. The highest BCUT2D eigenvalue weighted by atomic mass is 16.5. The second-order valence-corrected chi connectivity index (χ2v) is 4.22. The monoisotopic (exact) mass is 265 g/mol. The maximum absolute atomic E-state index is 11.9. The van der Waals surface area contributed by atoms with Crippen molar-refractivity contribution in [3.8, 4) is 0 Å². The van der Waals surface area contributed by atoms with E-state index in [2.05, 4.69) is 22.5 Å². The third-order valence-electron chi connectivity index (χ3n) is 2.68. The number of ether oxygens (including phenoxy) is 1. The number of nitrogens with zero attached hydrogens (tertiary/aromatic N) is 1. The van der Waals surface area contributed by atoms with E-state index in [0.29, 0.717) is 24.5 Å². The molecule has 0 atom stereocenters. The molecule has 0 unspecified atom stereocenters. The van der Waals surface area contributed by atoms with Crippen molar-refractivity contribution < 1.29 is 9.53 Å². The fourth-order valence-corrected chi connectivity index (χ4v) is 1.61. The molecule has 0 aliphatic heterocycles. The standard InChI is InChI=1S/C14H23N3O2/c1-3-4-10-19-11-6-9-17-14(18)12-7-5-8-16-13(12)15-2/h5,7-8H,3-4,6,9-11H2,1-2H3,(H,15,16)(H,17,18). The average molecular weight is 265 g/mol. The highest BCUT2D eigenvalue weighted by molar-refractivity contribution is 5.98. The zero-order valence-corrected chi connectivity index (χ0v) is 11.7. The summed E-state index contributed by atoms with van der Waals surface area (Å²) in [6.07, 6.45) is 4.72.